The van der Waals surface area contributed by atoms with E-state index < -0.39 is 5.41 Å². The molecule has 1 aromatic rings. The zero-order valence-corrected chi connectivity index (χ0v) is 19.0. The van der Waals surface area contributed by atoms with Crippen LogP contribution in [0.4, 0.5) is 0 Å². The standard InChI is InChI=1S/C24H36ClNO2/c1-22(2,3)12-10-17-8-9-18(14-19(17)25)24(6)15-21(28)26-16-20(24)23(4,5)11-7-13-27/h8-9,14,16,27H,7,10-13,15H2,1-6H3,(H,26,28). The summed E-state index contributed by atoms with van der Waals surface area (Å²) < 4.78 is 0. The van der Waals surface area contributed by atoms with Gasteiger partial charge in [-0.05, 0) is 59.3 Å². The first-order valence-electron chi connectivity index (χ1n) is 10.3. The largest absolute Gasteiger partial charge is 0.396 e. The summed E-state index contributed by atoms with van der Waals surface area (Å²) in [7, 11) is 0. The molecule has 1 aromatic carbocycles. The van der Waals surface area contributed by atoms with E-state index >= 15 is 0 Å². The molecule has 4 heteroatoms. The Morgan fingerprint density at radius 3 is 2.43 bits per heavy atom. The van der Waals surface area contributed by atoms with Crippen LogP contribution in [0.2, 0.25) is 5.02 Å². The highest BCUT2D eigenvalue weighted by atomic mass is 35.5. The van der Waals surface area contributed by atoms with Gasteiger partial charge in [-0.1, -0.05) is 65.3 Å². The first kappa shape index (κ1) is 23.0. The first-order valence-corrected chi connectivity index (χ1v) is 10.7. The van der Waals surface area contributed by atoms with E-state index in [1.807, 2.05) is 12.3 Å². The molecule has 1 heterocycles. The van der Waals surface area contributed by atoms with Crippen LogP contribution in [0.5, 0.6) is 0 Å². The maximum Gasteiger partial charge on any atom is 0.225 e. The second-order valence-electron chi connectivity index (χ2n) is 10.2. The molecular formula is C24H36ClNO2. The van der Waals surface area contributed by atoms with Crippen LogP contribution >= 0.6 is 11.6 Å². The Morgan fingerprint density at radius 2 is 1.86 bits per heavy atom. The monoisotopic (exact) mass is 405 g/mol. The normalized spacial score (nSPS) is 20.7. The lowest BCUT2D eigenvalue weighted by atomic mass is 9.62. The average molecular weight is 406 g/mol. The quantitative estimate of drug-likeness (QED) is 0.604. The van der Waals surface area contributed by atoms with Crippen molar-refractivity contribution in [3.05, 3.63) is 46.1 Å². The highest BCUT2D eigenvalue weighted by Gasteiger charge is 2.43. The number of allylic oxidation sites excluding steroid dienone is 1. The van der Waals surface area contributed by atoms with E-state index in [0.717, 1.165) is 41.8 Å². The number of carbonyl (C=O) groups is 1. The van der Waals surface area contributed by atoms with E-state index in [2.05, 4.69) is 59.0 Å². The number of amides is 1. The van der Waals surface area contributed by atoms with E-state index in [-0.39, 0.29) is 23.3 Å². The van der Waals surface area contributed by atoms with Crippen molar-refractivity contribution in [1.29, 1.82) is 0 Å². The number of aliphatic hydroxyl groups is 1. The molecule has 0 bridgehead atoms. The molecule has 0 spiro atoms. The summed E-state index contributed by atoms with van der Waals surface area (Å²) in [6, 6.07) is 6.31. The predicted molar refractivity (Wildman–Crippen MR) is 118 cm³/mol. The lowest BCUT2D eigenvalue weighted by Crippen LogP contribution is -2.43. The van der Waals surface area contributed by atoms with Gasteiger partial charge in [0, 0.05) is 29.7 Å². The van der Waals surface area contributed by atoms with Crippen LogP contribution < -0.4 is 5.32 Å². The van der Waals surface area contributed by atoms with Crippen molar-refractivity contribution in [2.75, 3.05) is 6.61 Å². The average Bonchev–Trinajstić information content (AvgIpc) is 2.57. The van der Waals surface area contributed by atoms with Crippen LogP contribution in [0.15, 0.2) is 30.0 Å². The number of benzene rings is 1. The van der Waals surface area contributed by atoms with Crippen LogP contribution in [-0.4, -0.2) is 17.6 Å². The minimum absolute atomic E-state index is 0.0251. The molecule has 0 fully saturated rings. The number of hydrogen-bond donors (Lipinski definition) is 2. The van der Waals surface area contributed by atoms with Gasteiger partial charge in [-0.3, -0.25) is 4.79 Å². The zero-order valence-electron chi connectivity index (χ0n) is 18.3. The number of carbonyl (C=O) groups excluding carboxylic acids is 1. The van der Waals surface area contributed by atoms with Gasteiger partial charge in [0.1, 0.15) is 0 Å². The van der Waals surface area contributed by atoms with Gasteiger partial charge in [0.15, 0.2) is 0 Å². The summed E-state index contributed by atoms with van der Waals surface area (Å²) in [6.45, 7) is 13.4. The Morgan fingerprint density at radius 1 is 1.18 bits per heavy atom. The molecule has 156 valence electrons. The molecule has 1 aliphatic heterocycles. The third-order valence-corrected chi connectivity index (χ3v) is 6.36. The third kappa shape index (κ3) is 5.39. The van der Waals surface area contributed by atoms with Crippen LogP contribution in [-0.2, 0) is 16.6 Å². The highest BCUT2D eigenvalue weighted by Crippen LogP contribution is 2.48. The SMILES string of the molecule is CC(C)(C)CCc1ccc(C2(C)CC(=O)NC=C2C(C)(C)CCCO)cc1Cl. The summed E-state index contributed by atoms with van der Waals surface area (Å²) in [5.41, 5.74) is 3.15. The van der Waals surface area contributed by atoms with Crippen LogP contribution in [0.1, 0.15) is 78.4 Å². The Kier molecular flexibility index (Phi) is 7.04. The number of hydrogen-bond acceptors (Lipinski definition) is 2. The van der Waals surface area contributed by atoms with Gasteiger partial charge in [0.05, 0.1) is 0 Å². The Bertz CT molecular complexity index is 745. The van der Waals surface area contributed by atoms with Crippen molar-refractivity contribution < 1.29 is 9.90 Å². The second-order valence-corrected chi connectivity index (χ2v) is 10.6. The summed E-state index contributed by atoms with van der Waals surface area (Å²) in [4.78, 5) is 12.3. The molecule has 1 unspecified atom stereocenters. The van der Waals surface area contributed by atoms with Gasteiger partial charge in [0.25, 0.3) is 0 Å². The topological polar surface area (TPSA) is 49.3 Å². The molecular weight excluding hydrogens is 370 g/mol. The van der Waals surface area contributed by atoms with E-state index in [4.69, 9.17) is 11.6 Å². The van der Waals surface area contributed by atoms with E-state index in [1.54, 1.807) is 0 Å². The van der Waals surface area contributed by atoms with Gasteiger partial charge >= 0.3 is 0 Å². The van der Waals surface area contributed by atoms with E-state index in [9.17, 15) is 9.90 Å². The van der Waals surface area contributed by atoms with Crippen molar-refractivity contribution >= 4 is 17.5 Å². The molecule has 0 saturated carbocycles. The number of aryl methyl sites for hydroxylation is 1. The molecule has 1 aliphatic rings. The molecule has 0 saturated heterocycles. The summed E-state index contributed by atoms with van der Waals surface area (Å²) in [5.74, 6) is 0.0251. The molecule has 1 amide bonds. The minimum Gasteiger partial charge on any atom is -0.396 e. The first-order chi connectivity index (χ1) is 12.9. The maximum atomic E-state index is 12.3. The third-order valence-electron chi connectivity index (χ3n) is 6.01. The van der Waals surface area contributed by atoms with Crippen molar-refractivity contribution in [1.82, 2.24) is 5.32 Å². The molecule has 0 radical (unpaired) electrons. The number of aliphatic hydroxyl groups excluding tert-OH is 1. The lowest BCUT2D eigenvalue weighted by Gasteiger charge is -2.43. The van der Waals surface area contributed by atoms with Crippen LogP contribution in [0, 0.1) is 10.8 Å². The predicted octanol–water partition coefficient (Wildman–Crippen LogP) is 5.78. The summed E-state index contributed by atoms with van der Waals surface area (Å²) in [6.07, 6.45) is 5.90. The maximum absolute atomic E-state index is 12.3. The van der Waals surface area contributed by atoms with Gasteiger partial charge < -0.3 is 10.4 Å². The molecule has 2 N–H and O–H groups in total. The number of rotatable bonds is 7. The van der Waals surface area contributed by atoms with Gasteiger partial charge in [-0.2, -0.15) is 0 Å². The van der Waals surface area contributed by atoms with Crippen LogP contribution in [0.25, 0.3) is 0 Å². The van der Waals surface area contributed by atoms with Gasteiger partial charge in [-0.15, -0.1) is 0 Å². The van der Waals surface area contributed by atoms with Crippen molar-refractivity contribution in [2.45, 2.75) is 79.1 Å². The Hall–Kier alpha value is -1.32. The molecule has 0 aromatic heterocycles. The Labute approximate surface area is 175 Å². The molecule has 1 atom stereocenters. The van der Waals surface area contributed by atoms with Crippen molar-refractivity contribution in [2.24, 2.45) is 10.8 Å². The van der Waals surface area contributed by atoms with Crippen LogP contribution in [0.3, 0.4) is 0 Å². The fourth-order valence-electron chi connectivity index (χ4n) is 4.24. The second kappa shape index (κ2) is 8.59. The van der Waals surface area contributed by atoms with Crippen molar-refractivity contribution in [3.8, 4) is 0 Å². The van der Waals surface area contributed by atoms with Gasteiger partial charge in [-0.25, -0.2) is 0 Å². The van der Waals surface area contributed by atoms with E-state index in [1.165, 1.54) is 5.57 Å². The smallest absolute Gasteiger partial charge is 0.225 e. The molecule has 3 nitrogen and oxygen atoms in total. The fraction of sp³-hybridized carbons (Fsp3) is 0.625. The summed E-state index contributed by atoms with van der Waals surface area (Å²) >= 11 is 6.67. The highest BCUT2D eigenvalue weighted by molar-refractivity contribution is 6.31. The van der Waals surface area contributed by atoms with E-state index in [0.29, 0.717) is 6.42 Å². The minimum atomic E-state index is -0.409. The van der Waals surface area contributed by atoms with Gasteiger partial charge in [0.2, 0.25) is 5.91 Å². The summed E-state index contributed by atoms with van der Waals surface area (Å²) in [5, 5.41) is 13.0. The lowest BCUT2D eigenvalue weighted by molar-refractivity contribution is -0.121. The number of halogens is 1. The molecule has 28 heavy (non-hydrogen) atoms. The molecule has 2 rings (SSSR count). The zero-order chi connectivity index (χ0) is 21.2. The fourth-order valence-corrected chi connectivity index (χ4v) is 4.51. The molecule has 0 aliphatic carbocycles. The number of nitrogens with one attached hydrogen (secondary N) is 1. The Balaban J connectivity index is 2.39. The van der Waals surface area contributed by atoms with Crippen molar-refractivity contribution in [3.63, 3.8) is 0 Å².